The Morgan fingerprint density at radius 1 is 1.45 bits per heavy atom. The van der Waals surface area contributed by atoms with Crippen molar-refractivity contribution in [2.45, 2.75) is 0 Å². The minimum absolute atomic E-state index is 0.0440. The van der Waals surface area contributed by atoms with Crippen molar-refractivity contribution in [1.82, 2.24) is 9.78 Å². The number of benzene rings is 1. The van der Waals surface area contributed by atoms with Gasteiger partial charge in [-0.15, -0.1) is 0 Å². The van der Waals surface area contributed by atoms with Crippen molar-refractivity contribution in [1.29, 1.82) is 0 Å². The Hall–Kier alpha value is -2.97. The van der Waals surface area contributed by atoms with Crippen LogP contribution in [0.4, 0.5) is 10.1 Å². The number of hydrogen-bond donors (Lipinski definition) is 2. The van der Waals surface area contributed by atoms with Gasteiger partial charge in [0.15, 0.2) is 17.3 Å². The fraction of sp³-hybridized carbons (Fsp3) is 0.0909. The van der Waals surface area contributed by atoms with Gasteiger partial charge in [0.1, 0.15) is 0 Å². The number of carboxylic acids is 1. The van der Waals surface area contributed by atoms with Crippen LogP contribution in [0, 0.1) is 15.9 Å². The fourth-order valence-corrected chi connectivity index (χ4v) is 1.71. The molecule has 0 spiro atoms. The number of nitro groups is 1. The number of nitro benzene ring substituents is 1. The molecular weight excluding hydrogens is 273 g/mol. The number of aromatic hydroxyl groups is 1. The molecule has 0 saturated heterocycles. The summed E-state index contributed by atoms with van der Waals surface area (Å²) in [5.41, 5.74) is -1.05. The minimum atomic E-state index is -1.31. The molecule has 0 atom stereocenters. The first-order chi connectivity index (χ1) is 9.31. The van der Waals surface area contributed by atoms with Crippen LogP contribution in [0.5, 0.6) is 5.75 Å². The van der Waals surface area contributed by atoms with Crippen LogP contribution in [-0.2, 0) is 7.05 Å². The molecule has 0 aliphatic carbocycles. The molecule has 0 unspecified atom stereocenters. The fourth-order valence-electron chi connectivity index (χ4n) is 1.71. The average molecular weight is 281 g/mol. The Bertz CT molecular complexity index is 725. The van der Waals surface area contributed by atoms with Gasteiger partial charge in [-0.3, -0.25) is 14.8 Å². The summed E-state index contributed by atoms with van der Waals surface area (Å²) in [5, 5.41) is 32.8. The topological polar surface area (TPSA) is 118 Å². The molecular formula is C11H8FN3O5. The van der Waals surface area contributed by atoms with E-state index in [-0.39, 0.29) is 17.0 Å². The van der Waals surface area contributed by atoms with E-state index in [0.717, 1.165) is 16.8 Å². The summed E-state index contributed by atoms with van der Waals surface area (Å²) in [6.07, 6.45) is 0. The van der Waals surface area contributed by atoms with E-state index in [4.69, 9.17) is 5.11 Å². The van der Waals surface area contributed by atoms with Gasteiger partial charge in [-0.1, -0.05) is 0 Å². The molecule has 0 amide bonds. The second-order valence-electron chi connectivity index (χ2n) is 3.92. The van der Waals surface area contributed by atoms with Crippen LogP contribution in [0.1, 0.15) is 10.5 Å². The first kappa shape index (κ1) is 13.5. The van der Waals surface area contributed by atoms with Crippen LogP contribution >= 0.6 is 0 Å². The van der Waals surface area contributed by atoms with Gasteiger partial charge >= 0.3 is 5.97 Å². The number of hydrogen-bond acceptors (Lipinski definition) is 5. The van der Waals surface area contributed by atoms with Crippen molar-refractivity contribution in [3.8, 4) is 17.0 Å². The first-order valence-electron chi connectivity index (χ1n) is 5.26. The van der Waals surface area contributed by atoms with Crippen LogP contribution in [0.2, 0.25) is 0 Å². The number of phenols is 1. The van der Waals surface area contributed by atoms with E-state index in [0.29, 0.717) is 6.07 Å². The smallest absolute Gasteiger partial charge is 0.356 e. The lowest BCUT2D eigenvalue weighted by atomic mass is 10.1. The van der Waals surface area contributed by atoms with E-state index in [1.165, 1.54) is 7.05 Å². The molecule has 8 nitrogen and oxygen atoms in total. The molecule has 9 heteroatoms. The zero-order chi connectivity index (χ0) is 15.0. The van der Waals surface area contributed by atoms with Gasteiger partial charge in [0.05, 0.1) is 22.2 Å². The standard InChI is InChI=1S/C11H8FN3O5/c1-14-9(4-8(13-14)11(17)18)6-2-5(15(19)20)3-7(12)10(6)16/h2-4,16H,1H3,(H,17,18). The highest BCUT2D eigenvalue weighted by Gasteiger charge is 2.21. The number of aromatic carboxylic acids is 1. The molecule has 2 rings (SSSR count). The van der Waals surface area contributed by atoms with Gasteiger partial charge in [-0.05, 0) is 6.07 Å². The maximum Gasteiger partial charge on any atom is 0.356 e. The molecule has 2 aromatic rings. The Morgan fingerprint density at radius 2 is 2.10 bits per heavy atom. The number of non-ortho nitro benzene ring substituents is 1. The Morgan fingerprint density at radius 3 is 2.60 bits per heavy atom. The number of rotatable bonds is 3. The maximum atomic E-state index is 13.5. The molecule has 0 radical (unpaired) electrons. The summed E-state index contributed by atoms with van der Waals surface area (Å²) < 4.78 is 14.6. The normalized spacial score (nSPS) is 10.5. The summed E-state index contributed by atoms with van der Waals surface area (Å²) in [6.45, 7) is 0. The van der Waals surface area contributed by atoms with E-state index in [1.807, 2.05) is 0 Å². The Balaban J connectivity index is 2.68. The highest BCUT2D eigenvalue weighted by Crippen LogP contribution is 2.35. The summed E-state index contributed by atoms with van der Waals surface area (Å²) in [6, 6.07) is 2.61. The van der Waals surface area contributed by atoms with Crippen LogP contribution in [-0.4, -0.2) is 30.9 Å². The Kier molecular flexibility index (Phi) is 3.10. The molecule has 0 fully saturated rings. The molecule has 2 N–H and O–H groups in total. The Labute approximate surface area is 110 Å². The van der Waals surface area contributed by atoms with Crippen molar-refractivity contribution < 1.29 is 24.3 Å². The van der Waals surface area contributed by atoms with E-state index in [2.05, 4.69) is 5.10 Å². The van der Waals surface area contributed by atoms with E-state index in [9.17, 15) is 24.4 Å². The van der Waals surface area contributed by atoms with Crippen LogP contribution in [0.25, 0.3) is 11.3 Å². The number of phenolic OH excluding ortho intramolecular Hbond substituents is 1. The number of carbonyl (C=O) groups is 1. The van der Waals surface area contributed by atoms with Gasteiger partial charge < -0.3 is 10.2 Å². The highest BCUT2D eigenvalue weighted by atomic mass is 19.1. The zero-order valence-corrected chi connectivity index (χ0v) is 10.1. The van der Waals surface area contributed by atoms with Crippen molar-refractivity contribution in [2.75, 3.05) is 0 Å². The predicted octanol–water partition coefficient (Wildman–Crippen LogP) is 1.54. The van der Waals surface area contributed by atoms with Crippen molar-refractivity contribution >= 4 is 11.7 Å². The van der Waals surface area contributed by atoms with Gasteiger partial charge in [0.2, 0.25) is 0 Å². The maximum absolute atomic E-state index is 13.5. The lowest BCUT2D eigenvalue weighted by molar-refractivity contribution is -0.385. The molecule has 1 aromatic carbocycles. The molecule has 104 valence electrons. The zero-order valence-electron chi connectivity index (χ0n) is 10.1. The third-order valence-corrected chi connectivity index (χ3v) is 2.63. The average Bonchev–Trinajstić information content (AvgIpc) is 2.74. The number of nitrogens with zero attached hydrogens (tertiary/aromatic N) is 3. The second kappa shape index (κ2) is 4.61. The number of aryl methyl sites for hydroxylation is 1. The second-order valence-corrected chi connectivity index (χ2v) is 3.92. The number of aromatic nitrogens is 2. The molecule has 20 heavy (non-hydrogen) atoms. The lowest BCUT2D eigenvalue weighted by Gasteiger charge is -2.05. The summed E-state index contributed by atoms with van der Waals surface area (Å²) in [5.74, 6) is -3.29. The van der Waals surface area contributed by atoms with Gasteiger partial charge in [0.25, 0.3) is 5.69 Å². The van der Waals surface area contributed by atoms with Crippen molar-refractivity contribution in [3.63, 3.8) is 0 Å². The lowest BCUT2D eigenvalue weighted by Crippen LogP contribution is -1.99. The molecule has 0 aliphatic heterocycles. The van der Waals surface area contributed by atoms with E-state index in [1.54, 1.807) is 0 Å². The van der Waals surface area contributed by atoms with E-state index < -0.39 is 28.1 Å². The minimum Gasteiger partial charge on any atom is -0.504 e. The molecule has 0 saturated carbocycles. The monoisotopic (exact) mass is 281 g/mol. The highest BCUT2D eigenvalue weighted by molar-refractivity contribution is 5.87. The van der Waals surface area contributed by atoms with Crippen LogP contribution < -0.4 is 0 Å². The van der Waals surface area contributed by atoms with Crippen molar-refractivity contribution in [3.05, 3.63) is 39.8 Å². The summed E-state index contributed by atoms with van der Waals surface area (Å²) in [7, 11) is 1.37. The van der Waals surface area contributed by atoms with Gasteiger partial charge in [0, 0.05) is 13.1 Å². The van der Waals surface area contributed by atoms with Crippen LogP contribution in [0.15, 0.2) is 18.2 Å². The predicted molar refractivity (Wildman–Crippen MR) is 63.9 cm³/mol. The largest absolute Gasteiger partial charge is 0.504 e. The molecule has 0 aliphatic rings. The summed E-state index contributed by atoms with van der Waals surface area (Å²) in [4.78, 5) is 20.7. The van der Waals surface area contributed by atoms with Crippen LogP contribution in [0.3, 0.4) is 0 Å². The van der Waals surface area contributed by atoms with Crippen molar-refractivity contribution in [2.24, 2.45) is 7.05 Å². The third kappa shape index (κ3) is 2.16. The number of halogens is 1. The molecule has 0 bridgehead atoms. The quantitative estimate of drug-likeness (QED) is 0.650. The van der Waals surface area contributed by atoms with E-state index >= 15 is 0 Å². The van der Waals surface area contributed by atoms with Gasteiger partial charge in [-0.25, -0.2) is 9.18 Å². The van der Waals surface area contributed by atoms with Gasteiger partial charge in [-0.2, -0.15) is 5.10 Å². The SMILES string of the molecule is Cn1nc(C(=O)O)cc1-c1cc([N+](=O)[O-])cc(F)c1O. The number of carboxylic acid groups (broad SMARTS) is 1. The summed E-state index contributed by atoms with van der Waals surface area (Å²) >= 11 is 0. The molecule has 1 aromatic heterocycles. The first-order valence-corrected chi connectivity index (χ1v) is 5.26. The third-order valence-electron chi connectivity index (χ3n) is 2.63. The molecule has 1 heterocycles.